The summed E-state index contributed by atoms with van der Waals surface area (Å²) >= 11 is 0. The Bertz CT molecular complexity index is 275. The van der Waals surface area contributed by atoms with Gasteiger partial charge in [-0.2, -0.15) is 0 Å². The van der Waals surface area contributed by atoms with Crippen LogP contribution in [0.1, 0.15) is 148 Å². The van der Waals surface area contributed by atoms with Gasteiger partial charge in [0.1, 0.15) is 0 Å². The molecule has 0 unspecified atom stereocenters. The van der Waals surface area contributed by atoms with Crippen LogP contribution in [0.25, 0.3) is 0 Å². The first-order valence-corrected chi connectivity index (χ1v) is 12.0. The largest absolute Gasteiger partial charge is 0.481 e. The molecule has 0 saturated carbocycles. The fourth-order valence-corrected chi connectivity index (χ4v) is 3.71. The summed E-state index contributed by atoms with van der Waals surface area (Å²) in [7, 11) is 0. The topological polar surface area (TPSA) is 37.3 Å². The molecule has 0 heterocycles. The maximum atomic E-state index is 10.4. The van der Waals surface area contributed by atoms with E-state index in [0.29, 0.717) is 6.42 Å². The SMILES string of the molecule is CCCCCCCCCCCCCCCCCCCCCCCC(=O)O. The minimum absolute atomic E-state index is 0.346. The Morgan fingerprint density at radius 3 is 0.923 bits per heavy atom. The number of hydrogen-bond donors (Lipinski definition) is 1. The molecule has 0 aromatic heterocycles. The van der Waals surface area contributed by atoms with Crippen molar-refractivity contribution in [3.63, 3.8) is 0 Å². The van der Waals surface area contributed by atoms with Gasteiger partial charge in [0.25, 0.3) is 0 Å². The molecule has 0 aromatic rings. The van der Waals surface area contributed by atoms with E-state index in [1.807, 2.05) is 0 Å². The highest BCUT2D eigenvalue weighted by molar-refractivity contribution is 5.66. The van der Waals surface area contributed by atoms with Crippen LogP contribution >= 0.6 is 0 Å². The van der Waals surface area contributed by atoms with Crippen molar-refractivity contribution in [2.45, 2.75) is 148 Å². The van der Waals surface area contributed by atoms with Crippen LogP contribution in [-0.2, 0) is 4.79 Å². The van der Waals surface area contributed by atoms with Gasteiger partial charge < -0.3 is 5.11 Å². The second-order valence-electron chi connectivity index (χ2n) is 8.21. The predicted molar refractivity (Wildman–Crippen MR) is 115 cm³/mol. The smallest absolute Gasteiger partial charge is 0.303 e. The Balaban J connectivity index is 2.98. The minimum Gasteiger partial charge on any atom is -0.481 e. The lowest BCUT2D eigenvalue weighted by atomic mass is 10.0. The molecule has 0 aliphatic heterocycles. The maximum absolute atomic E-state index is 10.4. The van der Waals surface area contributed by atoms with Crippen molar-refractivity contribution in [3.8, 4) is 0 Å². The zero-order valence-electron chi connectivity index (χ0n) is 17.9. The molecule has 2 nitrogen and oxygen atoms in total. The molecule has 1 N–H and O–H groups in total. The van der Waals surface area contributed by atoms with Gasteiger partial charge in [-0.1, -0.05) is 135 Å². The van der Waals surface area contributed by atoms with Crippen molar-refractivity contribution in [2.75, 3.05) is 0 Å². The summed E-state index contributed by atoms with van der Waals surface area (Å²) in [6.07, 6.45) is 29.1. The van der Waals surface area contributed by atoms with E-state index >= 15 is 0 Å². The van der Waals surface area contributed by atoms with E-state index in [0.717, 1.165) is 12.8 Å². The van der Waals surface area contributed by atoms with Gasteiger partial charge in [0.05, 0.1) is 0 Å². The normalized spacial score (nSPS) is 11.1. The summed E-state index contributed by atoms with van der Waals surface area (Å²) in [5.74, 6) is -0.650. The second kappa shape index (κ2) is 22.5. The van der Waals surface area contributed by atoms with Gasteiger partial charge in [0, 0.05) is 6.42 Å². The van der Waals surface area contributed by atoms with Crippen LogP contribution in [0.2, 0.25) is 0 Å². The van der Waals surface area contributed by atoms with Crippen molar-refractivity contribution >= 4 is 5.97 Å². The Hall–Kier alpha value is -0.530. The van der Waals surface area contributed by atoms with Crippen molar-refractivity contribution in [1.29, 1.82) is 0 Å². The van der Waals surface area contributed by atoms with Crippen molar-refractivity contribution in [3.05, 3.63) is 0 Å². The second-order valence-corrected chi connectivity index (χ2v) is 8.21. The number of hydrogen-bond acceptors (Lipinski definition) is 1. The van der Waals surface area contributed by atoms with Gasteiger partial charge in [-0.15, -0.1) is 0 Å². The number of carboxylic acid groups (broad SMARTS) is 1. The number of carbonyl (C=O) groups is 1. The number of unbranched alkanes of at least 4 members (excludes halogenated alkanes) is 20. The first-order valence-electron chi connectivity index (χ1n) is 12.0. The van der Waals surface area contributed by atoms with Crippen LogP contribution in [-0.4, -0.2) is 11.1 Å². The quantitative estimate of drug-likeness (QED) is 0.194. The van der Waals surface area contributed by atoms with E-state index in [4.69, 9.17) is 5.11 Å². The van der Waals surface area contributed by atoms with E-state index in [-0.39, 0.29) is 0 Å². The Labute approximate surface area is 164 Å². The third-order valence-corrected chi connectivity index (χ3v) is 5.49. The van der Waals surface area contributed by atoms with E-state index in [2.05, 4.69) is 6.92 Å². The summed E-state index contributed by atoms with van der Waals surface area (Å²) < 4.78 is 0. The van der Waals surface area contributed by atoms with E-state index in [1.54, 1.807) is 0 Å². The summed E-state index contributed by atoms with van der Waals surface area (Å²) in [5.41, 5.74) is 0. The number of rotatable bonds is 22. The van der Waals surface area contributed by atoms with Crippen molar-refractivity contribution in [1.82, 2.24) is 0 Å². The molecule has 0 saturated heterocycles. The van der Waals surface area contributed by atoms with Crippen molar-refractivity contribution in [2.24, 2.45) is 0 Å². The lowest BCUT2D eigenvalue weighted by Crippen LogP contribution is -1.93. The average Bonchev–Trinajstić information content (AvgIpc) is 2.62. The standard InChI is InChI=1S/C24H48O2/c1-2-3-4-5-6-7-8-9-10-11-12-13-14-15-16-17-18-19-20-21-22-23-24(25)26/h2-23H2,1H3,(H,25,26). The van der Waals surface area contributed by atoms with Crippen LogP contribution in [0, 0.1) is 0 Å². The molecule has 0 fully saturated rings. The molecule has 0 aromatic carbocycles. The highest BCUT2D eigenvalue weighted by Crippen LogP contribution is 2.15. The lowest BCUT2D eigenvalue weighted by molar-refractivity contribution is -0.137. The summed E-state index contributed by atoms with van der Waals surface area (Å²) in [5, 5.41) is 8.57. The van der Waals surface area contributed by atoms with Crippen LogP contribution in [0.4, 0.5) is 0 Å². The van der Waals surface area contributed by atoms with E-state index < -0.39 is 5.97 Å². The molecule has 0 aliphatic rings. The monoisotopic (exact) mass is 368 g/mol. The molecule has 2 heteroatoms. The third-order valence-electron chi connectivity index (χ3n) is 5.49. The van der Waals surface area contributed by atoms with Crippen LogP contribution in [0.5, 0.6) is 0 Å². The summed E-state index contributed by atoms with van der Waals surface area (Å²) in [4.78, 5) is 10.4. The maximum Gasteiger partial charge on any atom is 0.303 e. The highest BCUT2D eigenvalue weighted by atomic mass is 16.4. The van der Waals surface area contributed by atoms with Crippen LogP contribution in [0.15, 0.2) is 0 Å². The predicted octanol–water partition coefficient (Wildman–Crippen LogP) is 8.67. The van der Waals surface area contributed by atoms with Gasteiger partial charge in [-0.25, -0.2) is 0 Å². The zero-order valence-corrected chi connectivity index (χ0v) is 17.9. The zero-order chi connectivity index (χ0) is 19.1. The third kappa shape index (κ3) is 23.5. The van der Waals surface area contributed by atoms with Gasteiger partial charge in [0.2, 0.25) is 0 Å². The molecule has 0 spiro atoms. The van der Waals surface area contributed by atoms with Crippen LogP contribution < -0.4 is 0 Å². The highest BCUT2D eigenvalue weighted by Gasteiger charge is 1.97. The molecule has 0 rings (SSSR count). The Morgan fingerprint density at radius 1 is 0.462 bits per heavy atom. The van der Waals surface area contributed by atoms with Gasteiger partial charge in [-0.3, -0.25) is 4.79 Å². The van der Waals surface area contributed by atoms with E-state index in [9.17, 15) is 4.79 Å². The molecule has 26 heavy (non-hydrogen) atoms. The molecule has 0 atom stereocenters. The van der Waals surface area contributed by atoms with Crippen LogP contribution in [0.3, 0.4) is 0 Å². The molecule has 156 valence electrons. The molecule has 0 radical (unpaired) electrons. The van der Waals surface area contributed by atoms with E-state index in [1.165, 1.54) is 122 Å². The molecular formula is C24H48O2. The summed E-state index contributed by atoms with van der Waals surface area (Å²) in [6.45, 7) is 2.29. The first-order chi connectivity index (χ1) is 12.8. The first kappa shape index (κ1) is 25.5. The Kier molecular flexibility index (Phi) is 22.1. The fourth-order valence-electron chi connectivity index (χ4n) is 3.71. The molecule has 0 bridgehead atoms. The molecular weight excluding hydrogens is 320 g/mol. The average molecular weight is 369 g/mol. The van der Waals surface area contributed by atoms with Crippen molar-refractivity contribution < 1.29 is 9.90 Å². The lowest BCUT2D eigenvalue weighted by Gasteiger charge is -2.04. The molecule has 0 amide bonds. The van der Waals surface area contributed by atoms with Gasteiger partial charge in [-0.05, 0) is 6.42 Å². The van der Waals surface area contributed by atoms with Gasteiger partial charge in [0.15, 0.2) is 0 Å². The Morgan fingerprint density at radius 2 is 0.692 bits per heavy atom. The summed E-state index contributed by atoms with van der Waals surface area (Å²) in [6, 6.07) is 0. The molecule has 0 aliphatic carbocycles. The number of carboxylic acids is 1. The van der Waals surface area contributed by atoms with Gasteiger partial charge >= 0.3 is 5.97 Å². The number of aliphatic carboxylic acids is 1. The fraction of sp³-hybridized carbons (Fsp3) is 0.958. The minimum atomic E-state index is -0.650.